The van der Waals surface area contributed by atoms with E-state index in [1.807, 2.05) is 0 Å². The normalized spacial score (nSPS) is 25.5. The van der Waals surface area contributed by atoms with Crippen LogP contribution >= 0.6 is 0 Å². The van der Waals surface area contributed by atoms with E-state index in [4.69, 9.17) is 5.11 Å². The quantitative estimate of drug-likeness (QED) is 0.693. The zero-order valence-corrected chi connectivity index (χ0v) is 9.58. The maximum atomic E-state index is 9.68. The van der Waals surface area contributed by atoms with Gasteiger partial charge in [-0.3, -0.25) is 4.90 Å². The van der Waals surface area contributed by atoms with Crippen LogP contribution in [0.4, 0.5) is 0 Å². The number of hydrogen-bond acceptors (Lipinski definition) is 3. The third-order valence-electron chi connectivity index (χ3n) is 3.52. The predicted octanol–water partition coefficient (Wildman–Crippen LogP) is 0.852. The lowest BCUT2D eigenvalue weighted by molar-refractivity contribution is -0.0821. The summed E-state index contributed by atoms with van der Waals surface area (Å²) in [5, 5.41) is 18.6. The second-order valence-electron chi connectivity index (χ2n) is 5.01. The predicted molar refractivity (Wildman–Crippen MR) is 57.2 cm³/mol. The molecule has 84 valence electrons. The van der Waals surface area contributed by atoms with Gasteiger partial charge in [0.05, 0.1) is 12.2 Å². The average molecular weight is 201 g/mol. The number of hydrogen-bond donors (Lipinski definition) is 2. The molecule has 0 radical (unpaired) electrons. The Kier molecular flexibility index (Phi) is 3.56. The molecule has 1 unspecified atom stereocenters. The van der Waals surface area contributed by atoms with Gasteiger partial charge < -0.3 is 10.2 Å². The van der Waals surface area contributed by atoms with Crippen LogP contribution in [-0.4, -0.2) is 47.0 Å². The highest BCUT2D eigenvalue weighted by Crippen LogP contribution is 2.37. The first-order chi connectivity index (χ1) is 6.47. The Labute approximate surface area is 86.7 Å². The fourth-order valence-corrected chi connectivity index (χ4v) is 2.24. The van der Waals surface area contributed by atoms with Gasteiger partial charge in [0.25, 0.3) is 0 Å². The maximum absolute atomic E-state index is 9.68. The fraction of sp³-hybridized carbons (Fsp3) is 1.00. The molecule has 2 N–H and O–H groups in total. The van der Waals surface area contributed by atoms with Crippen LogP contribution in [0.15, 0.2) is 0 Å². The number of likely N-dealkylation sites (tertiary alicyclic amines) is 1. The highest BCUT2D eigenvalue weighted by Gasteiger charge is 2.41. The summed E-state index contributed by atoms with van der Waals surface area (Å²) in [5.41, 5.74) is -0.459. The molecule has 1 fully saturated rings. The zero-order chi connectivity index (χ0) is 10.8. The molecule has 0 aliphatic carbocycles. The van der Waals surface area contributed by atoms with Crippen molar-refractivity contribution in [2.24, 2.45) is 5.41 Å². The van der Waals surface area contributed by atoms with Crippen LogP contribution in [0.2, 0.25) is 0 Å². The van der Waals surface area contributed by atoms with Crippen LogP contribution in [0.1, 0.15) is 33.6 Å². The van der Waals surface area contributed by atoms with Gasteiger partial charge >= 0.3 is 0 Å². The minimum atomic E-state index is -0.937. The lowest BCUT2D eigenvalue weighted by atomic mass is 9.75. The van der Waals surface area contributed by atoms with Crippen LogP contribution in [0.3, 0.4) is 0 Å². The molecule has 0 saturated carbocycles. The van der Waals surface area contributed by atoms with Gasteiger partial charge in [-0.2, -0.15) is 0 Å². The summed E-state index contributed by atoms with van der Waals surface area (Å²) < 4.78 is 0. The summed E-state index contributed by atoms with van der Waals surface area (Å²) in [7, 11) is 0. The van der Waals surface area contributed by atoms with Crippen molar-refractivity contribution >= 4 is 0 Å². The van der Waals surface area contributed by atoms with Crippen LogP contribution in [0.5, 0.6) is 0 Å². The first kappa shape index (κ1) is 12.0. The van der Waals surface area contributed by atoms with Crippen molar-refractivity contribution in [1.29, 1.82) is 0 Å². The molecule has 1 atom stereocenters. The van der Waals surface area contributed by atoms with Crippen LogP contribution < -0.4 is 0 Å². The molecule has 0 amide bonds. The third kappa shape index (κ3) is 2.47. The standard InChI is InChI=1S/C11H23NO2/c1-4-11(5-2)7-12(8-11)6-10(3,14)9-13/h13-14H,4-9H2,1-3H3. The summed E-state index contributed by atoms with van der Waals surface area (Å²) in [6.45, 7) is 8.70. The molecule has 1 saturated heterocycles. The van der Waals surface area contributed by atoms with Gasteiger partial charge in [0.2, 0.25) is 0 Å². The Balaban J connectivity index is 2.34. The lowest BCUT2D eigenvalue weighted by Gasteiger charge is -2.51. The largest absolute Gasteiger partial charge is 0.393 e. The number of aliphatic hydroxyl groups is 2. The molecule has 1 heterocycles. The van der Waals surface area contributed by atoms with Crippen molar-refractivity contribution < 1.29 is 10.2 Å². The number of aliphatic hydroxyl groups excluding tert-OH is 1. The van der Waals surface area contributed by atoms with Gasteiger partial charge in [-0.25, -0.2) is 0 Å². The Morgan fingerprint density at radius 2 is 1.79 bits per heavy atom. The van der Waals surface area contributed by atoms with Crippen LogP contribution in [0, 0.1) is 5.41 Å². The van der Waals surface area contributed by atoms with Crippen molar-refractivity contribution in [2.75, 3.05) is 26.2 Å². The van der Waals surface area contributed by atoms with Gasteiger partial charge in [-0.05, 0) is 25.2 Å². The Morgan fingerprint density at radius 3 is 2.14 bits per heavy atom. The van der Waals surface area contributed by atoms with Crippen molar-refractivity contribution in [3.63, 3.8) is 0 Å². The van der Waals surface area contributed by atoms with Crippen molar-refractivity contribution in [3.05, 3.63) is 0 Å². The molecule has 0 aromatic heterocycles. The van der Waals surface area contributed by atoms with Crippen LogP contribution in [-0.2, 0) is 0 Å². The van der Waals surface area contributed by atoms with E-state index in [9.17, 15) is 5.11 Å². The van der Waals surface area contributed by atoms with E-state index in [2.05, 4.69) is 18.7 Å². The molecule has 1 aliphatic heterocycles. The highest BCUT2D eigenvalue weighted by molar-refractivity contribution is 4.95. The second kappa shape index (κ2) is 4.17. The van der Waals surface area contributed by atoms with Crippen molar-refractivity contribution in [2.45, 2.75) is 39.2 Å². The lowest BCUT2D eigenvalue weighted by Crippen LogP contribution is -2.59. The smallest absolute Gasteiger partial charge is 0.0975 e. The van der Waals surface area contributed by atoms with E-state index >= 15 is 0 Å². The highest BCUT2D eigenvalue weighted by atomic mass is 16.3. The molecule has 3 heteroatoms. The van der Waals surface area contributed by atoms with Gasteiger partial charge in [0, 0.05) is 19.6 Å². The summed E-state index contributed by atoms with van der Waals surface area (Å²) in [5.74, 6) is 0. The topological polar surface area (TPSA) is 43.7 Å². The summed E-state index contributed by atoms with van der Waals surface area (Å²) in [6, 6.07) is 0. The molecule has 0 spiro atoms. The van der Waals surface area contributed by atoms with E-state index < -0.39 is 5.60 Å². The molecular weight excluding hydrogens is 178 g/mol. The maximum Gasteiger partial charge on any atom is 0.0975 e. The monoisotopic (exact) mass is 201 g/mol. The zero-order valence-electron chi connectivity index (χ0n) is 9.58. The Bertz CT molecular complexity index is 180. The SMILES string of the molecule is CCC1(CC)CN(CC(C)(O)CO)C1. The average Bonchev–Trinajstić information content (AvgIpc) is 2.11. The van der Waals surface area contributed by atoms with Gasteiger partial charge in [0.1, 0.15) is 0 Å². The fourth-order valence-electron chi connectivity index (χ4n) is 2.24. The molecule has 0 bridgehead atoms. The van der Waals surface area contributed by atoms with Crippen molar-refractivity contribution in [1.82, 2.24) is 4.90 Å². The second-order valence-corrected chi connectivity index (χ2v) is 5.01. The molecule has 0 aromatic carbocycles. The van der Waals surface area contributed by atoms with Gasteiger partial charge in [-0.1, -0.05) is 13.8 Å². The van der Waals surface area contributed by atoms with Crippen molar-refractivity contribution in [3.8, 4) is 0 Å². The Hall–Kier alpha value is -0.120. The molecule has 1 rings (SSSR count). The van der Waals surface area contributed by atoms with Gasteiger partial charge in [-0.15, -0.1) is 0 Å². The summed E-state index contributed by atoms with van der Waals surface area (Å²) >= 11 is 0. The van der Waals surface area contributed by atoms with E-state index in [1.165, 1.54) is 12.8 Å². The Morgan fingerprint density at radius 1 is 1.29 bits per heavy atom. The number of β-amino-alcohol motifs (C(OH)–C–C–N with tert-alkyl or cyclic N) is 1. The van der Waals surface area contributed by atoms with E-state index in [0.717, 1.165) is 13.1 Å². The van der Waals surface area contributed by atoms with Crippen LogP contribution in [0.25, 0.3) is 0 Å². The van der Waals surface area contributed by atoms with E-state index in [0.29, 0.717) is 12.0 Å². The summed E-state index contributed by atoms with van der Waals surface area (Å²) in [4.78, 5) is 2.23. The molecule has 0 aromatic rings. The van der Waals surface area contributed by atoms with E-state index in [1.54, 1.807) is 6.92 Å². The molecule has 14 heavy (non-hydrogen) atoms. The molecular formula is C11H23NO2. The first-order valence-corrected chi connectivity index (χ1v) is 5.52. The van der Waals surface area contributed by atoms with E-state index in [-0.39, 0.29) is 6.61 Å². The first-order valence-electron chi connectivity index (χ1n) is 5.52. The minimum absolute atomic E-state index is 0.158. The molecule has 1 aliphatic rings. The molecule has 3 nitrogen and oxygen atoms in total. The third-order valence-corrected chi connectivity index (χ3v) is 3.52. The van der Waals surface area contributed by atoms with Gasteiger partial charge in [0.15, 0.2) is 0 Å². The minimum Gasteiger partial charge on any atom is -0.393 e. The summed E-state index contributed by atoms with van der Waals surface area (Å²) in [6.07, 6.45) is 2.42. The number of nitrogens with zero attached hydrogens (tertiary/aromatic N) is 1. The number of rotatable bonds is 5.